The van der Waals surface area contributed by atoms with E-state index in [1.54, 1.807) is 0 Å². The van der Waals surface area contributed by atoms with Crippen molar-refractivity contribution in [2.24, 2.45) is 0 Å². The molecule has 0 saturated carbocycles. The lowest BCUT2D eigenvalue weighted by Gasteiger charge is -2.42. The topological polar surface area (TPSA) is 64.1 Å². The lowest BCUT2D eigenvalue weighted by atomic mass is 10.3. The number of carboxylic acid groups (broad SMARTS) is 1. The number of carbonyl (C=O) groups excluding carboxylic acids is 1. The van der Waals surface area contributed by atoms with Crippen LogP contribution in [-0.4, -0.2) is 78.1 Å². The van der Waals surface area contributed by atoms with Gasteiger partial charge in [0.2, 0.25) is 13.3 Å². The minimum atomic E-state index is -4.72. The van der Waals surface area contributed by atoms with Crippen LogP contribution >= 0.6 is 7.36 Å². The molecule has 21 heavy (non-hydrogen) atoms. The minimum absolute atomic E-state index is 0.451. The van der Waals surface area contributed by atoms with Crippen LogP contribution in [0.3, 0.4) is 0 Å². The van der Waals surface area contributed by atoms with Crippen LogP contribution < -0.4 is 0 Å². The summed E-state index contributed by atoms with van der Waals surface area (Å²) in [5.74, 6) is -2.74. The average Bonchev–Trinajstić information content (AvgIpc) is 2.25. The van der Waals surface area contributed by atoms with Gasteiger partial charge in [0.05, 0.1) is 0 Å². The molecule has 0 aliphatic rings. The van der Waals surface area contributed by atoms with Crippen molar-refractivity contribution in [3.8, 4) is 0 Å². The van der Waals surface area contributed by atoms with Gasteiger partial charge in [0, 0.05) is 0 Å². The molecule has 1 N–H and O–H groups in total. The van der Waals surface area contributed by atoms with Crippen molar-refractivity contribution < 1.29 is 27.9 Å². The number of amides is 1. The molecule has 0 heterocycles. The Morgan fingerprint density at radius 1 is 1.14 bits per heavy atom. The smallest absolute Gasteiger partial charge is 0.397 e. The van der Waals surface area contributed by atoms with E-state index in [2.05, 4.69) is 0 Å². The number of rotatable bonds is 7. The van der Waals surface area contributed by atoms with E-state index < -0.39 is 43.9 Å². The van der Waals surface area contributed by atoms with E-state index in [0.29, 0.717) is 4.90 Å². The van der Waals surface area contributed by atoms with Crippen molar-refractivity contribution in [3.63, 3.8) is 0 Å². The van der Waals surface area contributed by atoms with Crippen molar-refractivity contribution in [1.82, 2.24) is 14.7 Å². The van der Waals surface area contributed by atoms with Gasteiger partial charge in [-0.25, -0.2) is 9.80 Å². The van der Waals surface area contributed by atoms with E-state index >= 15 is 0 Å². The van der Waals surface area contributed by atoms with Gasteiger partial charge >= 0.3 is 17.7 Å². The maximum atomic E-state index is 12.5. The molecule has 0 radical (unpaired) electrons. The number of hydrogen-bond acceptors (Lipinski definition) is 5. The second kappa shape index (κ2) is 7.44. The van der Waals surface area contributed by atoms with Crippen LogP contribution in [0.1, 0.15) is 6.42 Å². The van der Waals surface area contributed by atoms with Crippen molar-refractivity contribution in [2.45, 2.75) is 18.1 Å². The van der Waals surface area contributed by atoms with Crippen LogP contribution in [0.25, 0.3) is 0 Å². The summed E-state index contributed by atoms with van der Waals surface area (Å²) in [5, 5.41) is 8.91. The maximum absolute atomic E-state index is 12.5. The Morgan fingerprint density at radius 3 is 1.81 bits per heavy atom. The molecule has 0 aromatic carbocycles. The Labute approximate surface area is 127 Å². The van der Waals surface area contributed by atoms with Gasteiger partial charge < -0.3 is 5.11 Å². The Morgan fingerprint density at radius 2 is 1.57 bits per heavy atom. The molecule has 1 amide bonds. The summed E-state index contributed by atoms with van der Waals surface area (Å²) in [5.41, 5.74) is -1.41. The summed E-state index contributed by atoms with van der Waals surface area (Å²) < 4.78 is 37.4. The minimum Gasteiger partial charge on any atom is -0.480 e. The molecule has 0 aliphatic carbocycles. The Bertz CT molecular complexity index is 410. The van der Waals surface area contributed by atoms with Crippen molar-refractivity contribution in [3.05, 3.63) is 0 Å². The molecular weight excluding hydrogens is 330 g/mol. The standard InChI is InChI=1S/C10H17F3N3O3PS/c1-14(2)10(20-21,15(3)4)16(6-8(18)19)7(17)5-9(11,12)13/h5-6H2,1-4H3,(H,18,19)/p+1. The monoisotopic (exact) mass is 348 g/mol. The van der Waals surface area contributed by atoms with Gasteiger partial charge in [0.25, 0.3) is 0 Å². The van der Waals surface area contributed by atoms with Gasteiger partial charge in [-0.1, -0.05) is 0 Å². The zero-order valence-corrected chi connectivity index (χ0v) is 13.9. The van der Waals surface area contributed by atoms with Gasteiger partial charge in [-0.05, 0) is 28.2 Å². The summed E-state index contributed by atoms with van der Waals surface area (Å²) >= 11 is 5.00. The third kappa shape index (κ3) is 5.14. The molecular formula is C10H18F3N3O3PS+. The van der Waals surface area contributed by atoms with Gasteiger partial charge in [0.15, 0.2) is 11.8 Å². The van der Waals surface area contributed by atoms with E-state index in [4.69, 9.17) is 16.9 Å². The highest BCUT2D eigenvalue weighted by Crippen LogP contribution is 2.34. The first-order valence-corrected chi connectivity index (χ1v) is 7.85. The largest absolute Gasteiger partial charge is 0.480 e. The normalized spacial score (nSPS) is 13.0. The highest BCUT2D eigenvalue weighted by atomic mass is 32.4. The van der Waals surface area contributed by atoms with Gasteiger partial charge in [-0.15, -0.1) is 0 Å². The molecule has 122 valence electrons. The zero-order valence-electron chi connectivity index (χ0n) is 12.1. The Kier molecular flexibility index (Phi) is 7.14. The highest BCUT2D eigenvalue weighted by molar-refractivity contribution is 7.97. The SMILES string of the molecule is CN(C)C([PH+]=S)(N(C)C)N(CC(=O)O)C(=O)CC(F)(F)F. The highest BCUT2D eigenvalue weighted by Gasteiger charge is 2.52. The number of nitrogens with zero attached hydrogens (tertiary/aromatic N) is 3. The summed E-state index contributed by atoms with van der Waals surface area (Å²) in [6, 6.07) is 0. The molecule has 0 rings (SSSR count). The van der Waals surface area contributed by atoms with Crippen molar-refractivity contribution >= 4 is 31.0 Å². The first-order valence-electron chi connectivity index (χ1n) is 5.71. The number of aliphatic carboxylic acids is 1. The number of halogens is 3. The summed E-state index contributed by atoms with van der Waals surface area (Å²) in [4.78, 5) is 26.4. The lowest BCUT2D eigenvalue weighted by Crippen LogP contribution is -2.65. The Hall–Kier alpha value is -0.830. The molecule has 11 heteroatoms. The second-order valence-electron chi connectivity index (χ2n) is 4.69. The maximum Gasteiger partial charge on any atom is 0.397 e. The molecule has 1 unspecified atom stereocenters. The van der Waals surface area contributed by atoms with Crippen LogP contribution in [0, 0.1) is 0 Å². The first-order chi connectivity index (χ1) is 9.38. The zero-order chi connectivity index (χ0) is 17.0. The molecule has 0 spiro atoms. The van der Waals surface area contributed by atoms with E-state index in [1.807, 2.05) is 0 Å². The number of alkyl halides is 3. The molecule has 0 bridgehead atoms. The number of carbonyl (C=O) groups is 2. The predicted octanol–water partition coefficient (Wildman–Crippen LogP) is 0.727. The fraction of sp³-hybridized carbons (Fsp3) is 0.800. The molecule has 0 aliphatic heterocycles. The Balaban J connectivity index is 5.81. The van der Waals surface area contributed by atoms with Crippen LogP contribution in [0.4, 0.5) is 13.2 Å². The quantitative estimate of drug-likeness (QED) is 0.541. The van der Waals surface area contributed by atoms with Crippen LogP contribution in [-0.2, 0) is 21.4 Å². The van der Waals surface area contributed by atoms with Crippen LogP contribution in [0.5, 0.6) is 0 Å². The van der Waals surface area contributed by atoms with Crippen molar-refractivity contribution in [2.75, 3.05) is 34.7 Å². The fourth-order valence-electron chi connectivity index (χ4n) is 1.89. The molecule has 0 saturated heterocycles. The summed E-state index contributed by atoms with van der Waals surface area (Å²) in [6.45, 7) is -0.866. The van der Waals surface area contributed by atoms with Gasteiger partial charge in [0.1, 0.15) is 13.0 Å². The second-order valence-corrected chi connectivity index (χ2v) is 6.18. The third-order valence-electron chi connectivity index (χ3n) is 2.71. The summed E-state index contributed by atoms with van der Waals surface area (Å²) in [6.07, 6.45) is -6.45. The molecule has 0 fully saturated rings. The summed E-state index contributed by atoms with van der Waals surface area (Å²) in [7, 11) is 5.64. The van der Waals surface area contributed by atoms with Gasteiger partial charge in [-0.3, -0.25) is 14.5 Å². The van der Waals surface area contributed by atoms with E-state index in [0.717, 1.165) is 0 Å². The molecule has 0 aromatic heterocycles. The molecule has 1 atom stereocenters. The number of hydrogen-bond donors (Lipinski definition) is 1. The molecule has 6 nitrogen and oxygen atoms in total. The van der Waals surface area contributed by atoms with E-state index in [9.17, 15) is 22.8 Å². The van der Waals surface area contributed by atoms with Crippen LogP contribution in [0.15, 0.2) is 0 Å². The predicted molar refractivity (Wildman–Crippen MR) is 75.8 cm³/mol. The first kappa shape index (κ1) is 20.2. The lowest BCUT2D eigenvalue weighted by molar-refractivity contribution is -0.176. The third-order valence-corrected chi connectivity index (χ3v) is 4.97. The van der Waals surface area contributed by atoms with Crippen LogP contribution in [0.2, 0.25) is 0 Å². The van der Waals surface area contributed by atoms with E-state index in [1.165, 1.54) is 38.0 Å². The van der Waals surface area contributed by atoms with Gasteiger partial charge in [-0.2, -0.15) is 13.2 Å². The van der Waals surface area contributed by atoms with Crippen molar-refractivity contribution in [1.29, 1.82) is 0 Å². The fourth-order valence-corrected chi connectivity index (χ4v) is 4.00. The average molecular weight is 348 g/mol. The van der Waals surface area contributed by atoms with E-state index in [-0.39, 0.29) is 0 Å². The number of carboxylic acids is 1. The molecule has 0 aromatic rings.